The summed E-state index contributed by atoms with van der Waals surface area (Å²) >= 11 is 23.0. The van der Waals surface area contributed by atoms with Gasteiger partial charge in [-0.1, -0.05) is 72.3 Å². The van der Waals surface area contributed by atoms with Crippen LogP contribution < -0.4 is 16.0 Å². The molecule has 4 nitrogen and oxygen atoms in total. The van der Waals surface area contributed by atoms with Crippen LogP contribution in [0.15, 0.2) is 24.3 Å². The van der Waals surface area contributed by atoms with E-state index in [4.69, 9.17) is 47.0 Å². The van der Waals surface area contributed by atoms with E-state index in [1.807, 2.05) is 31.2 Å². The normalized spacial score (nSPS) is 12.4. The molecule has 0 bridgehead atoms. The third kappa shape index (κ3) is 8.38. The van der Waals surface area contributed by atoms with Crippen LogP contribution in [-0.4, -0.2) is 21.0 Å². The first-order chi connectivity index (χ1) is 11.2. The molecule has 0 spiro atoms. The van der Waals surface area contributed by atoms with Gasteiger partial charge in [0.25, 0.3) is 0 Å². The van der Waals surface area contributed by atoms with Crippen LogP contribution in [-0.2, 0) is 4.79 Å². The van der Waals surface area contributed by atoms with Crippen molar-refractivity contribution >= 4 is 63.7 Å². The van der Waals surface area contributed by atoms with Gasteiger partial charge in [0.1, 0.15) is 6.17 Å². The molecule has 1 aromatic carbocycles. The summed E-state index contributed by atoms with van der Waals surface area (Å²) in [4.78, 5) is 12.0. The van der Waals surface area contributed by atoms with Gasteiger partial charge in [-0.15, -0.1) is 0 Å². The number of alkyl halides is 3. The molecule has 134 valence electrons. The molecule has 1 amide bonds. The first-order valence-corrected chi connectivity index (χ1v) is 9.27. The monoisotopic (exact) mass is 409 g/mol. The van der Waals surface area contributed by atoms with Crippen LogP contribution in [0.25, 0.3) is 0 Å². The van der Waals surface area contributed by atoms with Crippen LogP contribution in [0.5, 0.6) is 0 Å². The van der Waals surface area contributed by atoms with Crippen molar-refractivity contribution in [2.45, 2.75) is 49.5 Å². The lowest BCUT2D eigenvalue weighted by atomic mass is 10.2. The Balaban J connectivity index is 2.60. The van der Waals surface area contributed by atoms with E-state index in [0.29, 0.717) is 6.42 Å². The minimum atomic E-state index is -1.74. The number of benzene rings is 1. The zero-order chi connectivity index (χ0) is 18.2. The molecule has 24 heavy (non-hydrogen) atoms. The van der Waals surface area contributed by atoms with Crippen LogP contribution in [0.3, 0.4) is 0 Å². The van der Waals surface area contributed by atoms with Gasteiger partial charge >= 0.3 is 0 Å². The van der Waals surface area contributed by atoms with Crippen LogP contribution in [0.1, 0.15) is 38.2 Å². The van der Waals surface area contributed by atoms with Crippen LogP contribution >= 0.6 is 47.0 Å². The van der Waals surface area contributed by atoms with E-state index in [9.17, 15) is 4.79 Å². The number of carbonyl (C=O) groups is 1. The van der Waals surface area contributed by atoms with E-state index >= 15 is 0 Å². The van der Waals surface area contributed by atoms with E-state index in [0.717, 1.165) is 30.5 Å². The SMILES string of the molecule is CCCCCC(=O)NC(NC(=S)Nc1ccc(C)cc1)C(Cl)(Cl)Cl. The summed E-state index contributed by atoms with van der Waals surface area (Å²) in [5, 5.41) is 8.75. The average molecular weight is 411 g/mol. The summed E-state index contributed by atoms with van der Waals surface area (Å²) in [6.45, 7) is 4.06. The predicted octanol–water partition coefficient (Wildman–Crippen LogP) is 4.67. The Morgan fingerprint density at radius 2 is 1.79 bits per heavy atom. The Bertz CT molecular complexity index is 546. The largest absolute Gasteiger partial charge is 0.339 e. The fourth-order valence-corrected chi connectivity index (χ4v) is 2.47. The van der Waals surface area contributed by atoms with E-state index in [2.05, 4.69) is 22.9 Å². The minimum absolute atomic E-state index is 0.189. The third-order valence-electron chi connectivity index (χ3n) is 3.22. The van der Waals surface area contributed by atoms with Crippen molar-refractivity contribution in [1.82, 2.24) is 10.6 Å². The number of rotatable bonds is 7. The Hall–Kier alpha value is -0.750. The molecular weight excluding hydrogens is 389 g/mol. The third-order valence-corrected chi connectivity index (χ3v) is 4.10. The second-order valence-corrected chi connectivity index (χ2v) is 8.24. The van der Waals surface area contributed by atoms with Gasteiger partial charge in [-0.25, -0.2) is 0 Å². The molecule has 1 aromatic rings. The number of carbonyl (C=O) groups excluding carboxylic acids is 1. The Morgan fingerprint density at radius 3 is 2.33 bits per heavy atom. The summed E-state index contributed by atoms with van der Waals surface area (Å²) in [5.74, 6) is -0.189. The van der Waals surface area contributed by atoms with Crippen molar-refractivity contribution in [2.24, 2.45) is 0 Å². The standard InChI is InChI=1S/C16H22Cl3N3OS/c1-3-4-5-6-13(23)21-14(16(17,18)19)22-15(24)20-12-9-7-11(2)8-10-12/h7-10,14H,3-6H2,1-2H3,(H,21,23)(H2,20,22,24). The molecule has 1 atom stereocenters. The van der Waals surface area contributed by atoms with Crippen molar-refractivity contribution < 1.29 is 4.79 Å². The number of unbranched alkanes of at least 4 members (excludes halogenated alkanes) is 2. The summed E-state index contributed by atoms with van der Waals surface area (Å²) in [5.41, 5.74) is 1.94. The highest BCUT2D eigenvalue weighted by Gasteiger charge is 2.34. The van der Waals surface area contributed by atoms with Gasteiger partial charge < -0.3 is 16.0 Å². The number of hydrogen-bond donors (Lipinski definition) is 3. The van der Waals surface area contributed by atoms with Gasteiger partial charge in [-0.3, -0.25) is 4.79 Å². The predicted molar refractivity (Wildman–Crippen MR) is 107 cm³/mol. The lowest BCUT2D eigenvalue weighted by Gasteiger charge is -2.27. The number of nitrogens with one attached hydrogen (secondary N) is 3. The van der Waals surface area contributed by atoms with Gasteiger partial charge in [0, 0.05) is 12.1 Å². The summed E-state index contributed by atoms with van der Waals surface area (Å²) in [7, 11) is 0. The van der Waals surface area contributed by atoms with Crippen LogP contribution in [0, 0.1) is 6.92 Å². The first-order valence-electron chi connectivity index (χ1n) is 7.72. The fraction of sp³-hybridized carbons (Fsp3) is 0.500. The zero-order valence-electron chi connectivity index (χ0n) is 13.7. The molecule has 0 heterocycles. The van der Waals surface area contributed by atoms with E-state index in [-0.39, 0.29) is 11.0 Å². The van der Waals surface area contributed by atoms with Crippen molar-refractivity contribution in [1.29, 1.82) is 0 Å². The first kappa shape index (κ1) is 21.3. The molecule has 0 saturated carbocycles. The smallest absolute Gasteiger partial charge is 0.228 e. The number of hydrogen-bond acceptors (Lipinski definition) is 2. The number of amides is 1. The molecule has 0 aliphatic rings. The van der Waals surface area contributed by atoms with Gasteiger partial charge in [0.15, 0.2) is 5.11 Å². The molecule has 0 aliphatic heterocycles. The molecule has 8 heteroatoms. The molecule has 0 saturated heterocycles. The molecule has 1 rings (SSSR count). The molecular formula is C16H22Cl3N3OS. The highest BCUT2D eigenvalue weighted by molar-refractivity contribution is 7.80. The maximum Gasteiger partial charge on any atom is 0.228 e. The van der Waals surface area contributed by atoms with E-state index < -0.39 is 9.96 Å². The maximum absolute atomic E-state index is 12.0. The molecule has 0 aliphatic carbocycles. The fourth-order valence-electron chi connectivity index (χ4n) is 1.90. The van der Waals surface area contributed by atoms with E-state index in [1.54, 1.807) is 0 Å². The molecule has 0 fully saturated rings. The van der Waals surface area contributed by atoms with Crippen LogP contribution in [0.4, 0.5) is 5.69 Å². The average Bonchev–Trinajstić information content (AvgIpc) is 2.48. The second kappa shape index (κ2) is 10.3. The minimum Gasteiger partial charge on any atom is -0.339 e. The van der Waals surface area contributed by atoms with E-state index in [1.165, 1.54) is 0 Å². The van der Waals surface area contributed by atoms with Gasteiger partial charge in [0.05, 0.1) is 0 Å². The zero-order valence-corrected chi connectivity index (χ0v) is 16.7. The lowest BCUT2D eigenvalue weighted by Crippen LogP contribution is -2.56. The highest BCUT2D eigenvalue weighted by Crippen LogP contribution is 2.29. The van der Waals surface area contributed by atoms with Crippen LogP contribution in [0.2, 0.25) is 0 Å². The molecule has 0 radical (unpaired) electrons. The molecule has 0 aromatic heterocycles. The number of halogens is 3. The number of aryl methyl sites for hydroxylation is 1. The second-order valence-electron chi connectivity index (χ2n) is 5.46. The quantitative estimate of drug-likeness (QED) is 0.264. The van der Waals surface area contributed by atoms with Crippen molar-refractivity contribution in [2.75, 3.05) is 5.32 Å². The maximum atomic E-state index is 12.0. The summed E-state index contributed by atoms with van der Waals surface area (Å²) in [6, 6.07) is 7.67. The lowest BCUT2D eigenvalue weighted by molar-refractivity contribution is -0.122. The Kier molecular flexibility index (Phi) is 9.13. The topological polar surface area (TPSA) is 53.2 Å². The summed E-state index contributed by atoms with van der Waals surface area (Å²) in [6.07, 6.45) is 2.25. The van der Waals surface area contributed by atoms with Gasteiger partial charge in [0.2, 0.25) is 9.70 Å². The number of thiocarbonyl (C=S) groups is 1. The summed E-state index contributed by atoms with van der Waals surface area (Å²) < 4.78 is -1.74. The molecule has 1 unspecified atom stereocenters. The highest BCUT2D eigenvalue weighted by atomic mass is 35.6. The van der Waals surface area contributed by atoms with Crippen molar-refractivity contribution in [3.63, 3.8) is 0 Å². The Morgan fingerprint density at radius 1 is 1.17 bits per heavy atom. The van der Waals surface area contributed by atoms with Crippen molar-refractivity contribution in [3.8, 4) is 0 Å². The van der Waals surface area contributed by atoms with Gasteiger partial charge in [-0.05, 0) is 37.7 Å². The molecule has 3 N–H and O–H groups in total. The van der Waals surface area contributed by atoms with Gasteiger partial charge in [-0.2, -0.15) is 0 Å². The van der Waals surface area contributed by atoms with Crippen molar-refractivity contribution in [3.05, 3.63) is 29.8 Å². The number of anilines is 1. The Labute approximate surface area is 163 Å².